The topological polar surface area (TPSA) is 57.6 Å². The standard InChI is InChI=1S/C19H16BrNO3/c1-11-3-5-13(6-4-11)17-16(12(2)22)18(23)19(24)21(17)15-9-7-14(20)8-10-15/h3-10,17,23H,1-2H3/t17-/m0/s1. The minimum Gasteiger partial charge on any atom is -0.503 e. The second-order valence-electron chi connectivity index (χ2n) is 5.78. The van der Waals surface area contributed by atoms with Gasteiger partial charge in [-0.25, -0.2) is 0 Å². The zero-order valence-electron chi connectivity index (χ0n) is 13.3. The predicted octanol–water partition coefficient (Wildman–Crippen LogP) is 4.25. The molecular weight excluding hydrogens is 370 g/mol. The second-order valence-corrected chi connectivity index (χ2v) is 6.70. The van der Waals surface area contributed by atoms with Gasteiger partial charge >= 0.3 is 0 Å². The molecule has 0 aromatic heterocycles. The summed E-state index contributed by atoms with van der Waals surface area (Å²) in [6, 6.07) is 14.2. The van der Waals surface area contributed by atoms with Gasteiger partial charge in [-0.15, -0.1) is 0 Å². The van der Waals surface area contributed by atoms with E-state index in [1.54, 1.807) is 12.1 Å². The number of amides is 1. The fourth-order valence-electron chi connectivity index (χ4n) is 2.90. The van der Waals surface area contributed by atoms with Crippen LogP contribution < -0.4 is 4.90 Å². The van der Waals surface area contributed by atoms with E-state index in [1.165, 1.54) is 11.8 Å². The Kier molecular flexibility index (Phi) is 4.28. The van der Waals surface area contributed by atoms with Gasteiger partial charge in [0.05, 0.1) is 11.6 Å². The van der Waals surface area contributed by atoms with E-state index in [9.17, 15) is 14.7 Å². The number of benzene rings is 2. The summed E-state index contributed by atoms with van der Waals surface area (Å²) in [7, 11) is 0. The highest BCUT2D eigenvalue weighted by atomic mass is 79.9. The van der Waals surface area contributed by atoms with Crippen LogP contribution in [0.5, 0.6) is 0 Å². The van der Waals surface area contributed by atoms with Gasteiger partial charge in [0, 0.05) is 10.2 Å². The van der Waals surface area contributed by atoms with Gasteiger partial charge in [0.1, 0.15) is 0 Å². The summed E-state index contributed by atoms with van der Waals surface area (Å²) in [5.41, 5.74) is 2.62. The van der Waals surface area contributed by atoms with Crippen molar-refractivity contribution in [1.29, 1.82) is 0 Å². The third-order valence-electron chi connectivity index (χ3n) is 4.09. The molecule has 4 nitrogen and oxygen atoms in total. The number of aliphatic hydroxyl groups is 1. The second kappa shape index (κ2) is 6.24. The molecule has 0 bridgehead atoms. The predicted molar refractivity (Wildman–Crippen MR) is 95.9 cm³/mol. The van der Waals surface area contributed by atoms with Gasteiger partial charge < -0.3 is 5.11 Å². The fourth-order valence-corrected chi connectivity index (χ4v) is 3.16. The smallest absolute Gasteiger partial charge is 0.294 e. The Balaban J connectivity index is 2.16. The van der Waals surface area contributed by atoms with E-state index in [1.807, 2.05) is 43.3 Å². The van der Waals surface area contributed by atoms with E-state index in [0.717, 1.165) is 15.6 Å². The Morgan fingerprint density at radius 2 is 1.67 bits per heavy atom. The van der Waals surface area contributed by atoms with Gasteiger partial charge in [0.25, 0.3) is 5.91 Å². The quantitative estimate of drug-likeness (QED) is 0.858. The molecule has 5 heteroatoms. The van der Waals surface area contributed by atoms with Crippen LogP contribution >= 0.6 is 15.9 Å². The van der Waals surface area contributed by atoms with Crippen molar-refractivity contribution in [2.45, 2.75) is 19.9 Å². The third-order valence-corrected chi connectivity index (χ3v) is 4.61. The monoisotopic (exact) mass is 385 g/mol. The molecule has 2 aromatic rings. The highest BCUT2D eigenvalue weighted by molar-refractivity contribution is 9.10. The van der Waals surface area contributed by atoms with Gasteiger partial charge in [-0.1, -0.05) is 45.8 Å². The van der Waals surface area contributed by atoms with E-state index in [2.05, 4.69) is 15.9 Å². The maximum Gasteiger partial charge on any atom is 0.294 e. The molecular formula is C19H16BrNO3. The molecule has 24 heavy (non-hydrogen) atoms. The zero-order chi connectivity index (χ0) is 17.4. The van der Waals surface area contributed by atoms with Crippen LogP contribution in [0, 0.1) is 6.92 Å². The molecule has 1 N–H and O–H groups in total. The lowest BCUT2D eigenvalue weighted by Crippen LogP contribution is -2.30. The van der Waals surface area contributed by atoms with Crippen LogP contribution in [-0.2, 0) is 9.59 Å². The number of anilines is 1. The Morgan fingerprint density at radius 3 is 2.21 bits per heavy atom. The normalized spacial score (nSPS) is 17.5. The molecule has 0 aliphatic carbocycles. The number of aliphatic hydroxyl groups excluding tert-OH is 1. The molecule has 0 radical (unpaired) electrons. The van der Waals surface area contributed by atoms with Gasteiger partial charge in [0.2, 0.25) is 0 Å². The van der Waals surface area contributed by atoms with Crippen LogP contribution in [0.15, 0.2) is 64.3 Å². The zero-order valence-corrected chi connectivity index (χ0v) is 14.9. The summed E-state index contributed by atoms with van der Waals surface area (Å²) >= 11 is 3.37. The minimum atomic E-state index is -0.628. The Bertz CT molecular complexity index is 838. The van der Waals surface area contributed by atoms with Gasteiger partial charge in [0.15, 0.2) is 11.5 Å². The van der Waals surface area contributed by atoms with Crippen LogP contribution in [0.3, 0.4) is 0 Å². The molecule has 1 heterocycles. The lowest BCUT2D eigenvalue weighted by atomic mass is 9.96. The first kappa shape index (κ1) is 16.5. The number of nitrogens with zero attached hydrogens (tertiary/aromatic N) is 1. The molecule has 0 saturated carbocycles. The summed E-state index contributed by atoms with van der Waals surface area (Å²) in [5.74, 6) is -1.35. The molecule has 3 rings (SSSR count). The first-order valence-electron chi connectivity index (χ1n) is 7.50. The molecule has 1 aliphatic rings. The number of halogens is 1. The highest BCUT2D eigenvalue weighted by Crippen LogP contribution is 2.41. The van der Waals surface area contributed by atoms with Crippen LogP contribution in [0.2, 0.25) is 0 Å². The number of hydrogen-bond donors (Lipinski definition) is 1. The van der Waals surface area contributed by atoms with Gasteiger partial charge in [-0.05, 0) is 43.7 Å². The van der Waals surface area contributed by atoms with E-state index < -0.39 is 17.7 Å². The summed E-state index contributed by atoms with van der Waals surface area (Å²) in [5, 5.41) is 10.3. The van der Waals surface area contributed by atoms with Crippen LogP contribution in [0.4, 0.5) is 5.69 Å². The van der Waals surface area contributed by atoms with Crippen molar-refractivity contribution >= 4 is 33.3 Å². The summed E-state index contributed by atoms with van der Waals surface area (Å²) < 4.78 is 0.883. The Morgan fingerprint density at radius 1 is 1.08 bits per heavy atom. The lowest BCUT2D eigenvalue weighted by Gasteiger charge is -2.26. The van der Waals surface area contributed by atoms with Gasteiger partial charge in [-0.2, -0.15) is 0 Å². The molecule has 122 valence electrons. The first-order chi connectivity index (χ1) is 11.4. The number of aryl methyl sites for hydroxylation is 1. The number of ketones is 1. The average molecular weight is 386 g/mol. The van der Waals surface area contributed by atoms with Crippen molar-refractivity contribution in [3.8, 4) is 0 Å². The van der Waals surface area contributed by atoms with Crippen LogP contribution in [0.25, 0.3) is 0 Å². The molecule has 0 fully saturated rings. The molecule has 0 unspecified atom stereocenters. The van der Waals surface area contributed by atoms with E-state index >= 15 is 0 Å². The molecule has 0 spiro atoms. The maximum absolute atomic E-state index is 12.6. The SMILES string of the molecule is CC(=O)C1=C(O)C(=O)N(c2ccc(Br)cc2)[C@H]1c1ccc(C)cc1. The van der Waals surface area contributed by atoms with Gasteiger partial charge in [-0.3, -0.25) is 14.5 Å². The first-order valence-corrected chi connectivity index (χ1v) is 8.29. The number of rotatable bonds is 3. The largest absolute Gasteiger partial charge is 0.503 e. The minimum absolute atomic E-state index is 0.131. The maximum atomic E-state index is 12.6. The summed E-state index contributed by atoms with van der Waals surface area (Å²) in [6.07, 6.45) is 0. The Labute approximate surface area is 148 Å². The highest BCUT2D eigenvalue weighted by Gasteiger charge is 2.43. The van der Waals surface area contributed by atoms with Crippen molar-refractivity contribution in [2.24, 2.45) is 0 Å². The van der Waals surface area contributed by atoms with Crippen molar-refractivity contribution in [1.82, 2.24) is 0 Å². The number of hydrogen-bond acceptors (Lipinski definition) is 3. The fraction of sp³-hybridized carbons (Fsp3) is 0.158. The number of carbonyl (C=O) groups is 2. The molecule has 1 aliphatic heterocycles. The third kappa shape index (κ3) is 2.76. The Hall–Kier alpha value is -2.40. The molecule has 0 saturated heterocycles. The molecule has 1 atom stereocenters. The molecule has 1 amide bonds. The number of carbonyl (C=O) groups excluding carboxylic acids is 2. The van der Waals surface area contributed by atoms with E-state index in [0.29, 0.717) is 5.69 Å². The van der Waals surface area contributed by atoms with Crippen molar-refractivity contribution in [3.63, 3.8) is 0 Å². The lowest BCUT2D eigenvalue weighted by molar-refractivity contribution is -0.117. The van der Waals surface area contributed by atoms with Crippen LogP contribution in [-0.4, -0.2) is 16.8 Å². The van der Waals surface area contributed by atoms with Crippen molar-refractivity contribution < 1.29 is 14.7 Å². The van der Waals surface area contributed by atoms with Crippen molar-refractivity contribution in [3.05, 3.63) is 75.5 Å². The van der Waals surface area contributed by atoms with Crippen LogP contribution in [0.1, 0.15) is 24.1 Å². The average Bonchev–Trinajstić information content (AvgIpc) is 2.81. The van der Waals surface area contributed by atoms with E-state index in [-0.39, 0.29) is 11.4 Å². The number of Topliss-reactive ketones (excluding diaryl/α,β-unsaturated/α-hetero) is 1. The summed E-state index contributed by atoms with van der Waals surface area (Å²) in [6.45, 7) is 3.33. The summed E-state index contributed by atoms with van der Waals surface area (Å²) in [4.78, 5) is 26.2. The molecule has 2 aromatic carbocycles. The van der Waals surface area contributed by atoms with Crippen molar-refractivity contribution in [2.75, 3.05) is 4.90 Å². The van der Waals surface area contributed by atoms with E-state index in [4.69, 9.17) is 0 Å².